The van der Waals surface area contributed by atoms with E-state index in [1.165, 1.54) is 0 Å². The zero-order valence-electron chi connectivity index (χ0n) is 10.6. The summed E-state index contributed by atoms with van der Waals surface area (Å²) in [6.07, 6.45) is 0. The molecule has 0 aliphatic carbocycles. The lowest BCUT2D eigenvalue weighted by Crippen LogP contribution is -2.42. The van der Waals surface area contributed by atoms with Crippen LogP contribution >= 0.6 is 6.57 Å². The fourth-order valence-electron chi connectivity index (χ4n) is 1.71. The van der Waals surface area contributed by atoms with E-state index >= 15 is 0 Å². The van der Waals surface area contributed by atoms with Crippen LogP contribution in [0.3, 0.4) is 0 Å². The van der Waals surface area contributed by atoms with E-state index in [2.05, 4.69) is 37.2 Å². The highest BCUT2D eigenvalue weighted by Gasteiger charge is 2.38. The zero-order chi connectivity index (χ0) is 11.9. The summed E-state index contributed by atoms with van der Waals surface area (Å²) in [5.74, 6) is 0.568. The van der Waals surface area contributed by atoms with Gasteiger partial charge < -0.3 is 4.52 Å². The van der Waals surface area contributed by atoms with Gasteiger partial charge in [0.25, 0.3) is 0 Å². The minimum atomic E-state index is -1.88. The van der Waals surface area contributed by atoms with Gasteiger partial charge in [0, 0.05) is 12.5 Å². The van der Waals surface area contributed by atoms with Gasteiger partial charge in [-0.25, -0.2) is 9.34 Å². The topological polar surface area (TPSA) is 15.7 Å². The van der Waals surface area contributed by atoms with Crippen molar-refractivity contribution < 1.29 is 4.52 Å². The van der Waals surface area contributed by atoms with Crippen LogP contribution < -0.4 is 0 Å². The van der Waals surface area contributed by atoms with Crippen molar-refractivity contribution in [3.8, 4) is 0 Å². The summed E-state index contributed by atoms with van der Waals surface area (Å²) < 4.78 is 10.2. The predicted octanol–water partition coefficient (Wildman–Crippen LogP) is 2.40. The standard InChI is InChI=1S/C10H23N2OPS/c1-10(2,3)9-7-12(6)14(15,11(4)5)13-8-9/h9H,7-8H2,1-6H3/t9-,14-/m0/s1. The van der Waals surface area contributed by atoms with E-state index in [0.29, 0.717) is 11.3 Å². The molecule has 2 atom stereocenters. The molecule has 1 aliphatic heterocycles. The molecule has 1 heterocycles. The van der Waals surface area contributed by atoms with Gasteiger partial charge in [-0.05, 0) is 38.4 Å². The van der Waals surface area contributed by atoms with Crippen molar-refractivity contribution in [1.82, 2.24) is 9.34 Å². The Morgan fingerprint density at radius 2 is 1.93 bits per heavy atom. The zero-order valence-corrected chi connectivity index (χ0v) is 12.4. The van der Waals surface area contributed by atoms with Crippen molar-refractivity contribution in [2.75, 3.05) is 34.3 Å². The maximum atomic E-state index is 5.96. The van der Waals surface area contributed by atoms with E-state index in [1.807, 2.05) is 14.1 Å². The van der Waals surface area contributed by atoms with E-state index < -0.39 is 6.57 Å². The van der Waals surface area contributed by atoms with Crippen LogP contribution in [0.4, 0.5) is 0 Å². The maximum absolute atomic E-state index is 5.96. The Morgan fingerprint density at radius 3 is 2.27 bits per heavy atom. The molecule has 5 heteroatoms. The molecule has 1 fully saturated rings. The lowest BCUT2D eigenvalue weighted by Gasteiger charge is -2.46. The maximum Gasteiger partial charge on any atom is 0.202 e. The molecule has 0 N–H and O–H groups in total. The van der Waals surface area contributed by atoms with Crippen LogP contribution in [0.1, 0.15) is 20.8 Å². The van der Waals surface area contributed by atoms with E-state index in [-0.39, 0.29) is 0 Å². The average molecular weight is 250 g/mol. The number of rotatable bonds is 1. The molecule has 0 unspecified atom stereocenters. The van der Waals surface area contributed by atoms with Crippen molar-refractivity contribution in [2.45, 2.75) is 20.8 Å². The molecule has 90 valence electrons. The molecule has 0 spiro atoms. The van der Waals surface area contributed by atoms with Crippen LogP contribution in [0.5, 0.6) is 0 Å². The first-order valence-corrected chi connectivity index (χ1v) is 7.94. The minimum absolute atomic E-state index is 0.293. The molecule has 0 radical (unpaired) electrons. The first kappa shape index (κ1) is 13.6. The molecular weight excluding hydrogens is 227 g/mol. The highest BCUT2D eigenvalue weighted by Crippen LogP contribution is 2.56. The van der Waals surface area contributed by atoms with Gasteiger partial charge in [0.05, 0.1) is 6.61 Å². The SMILES string of the molecule is CN(C)[P@@]1(=S)OC[C@@H](C(C)(C)C)CN1C. The molecule has 0 bridgehead atoms. The lowest BCUT2D eigenvalue weighted by molar-refractivity contribution is 0.0926. The normalized spacial score (nSPS) is 34.7. The second-order valence-corrected chi connectivity index (χ2v) is 9.69. The third-order valence-corrected chi connectivity index (χ3v) is 7.75. The monoisotopic (exact) mass is 250 g/mol. The van der Waals surface area contributed by atoms with Crippen LogP contribution in [0, 0.1) is 11.3 Å². The number of nitrogens with zero attached hydrogens (tertiary/aromatic N) is 2. The molecule has 0 aromatic heterocycles. The molecule has 15 heavy (non-hydrogen) atoms. The third kappa shape index (κ3) is 2.80. The molecule has 0 aromatic carbocycles. The Labute approximate surface area is 99.0 Å². The Morgan fingerprint density at radius 1 is 1.40 bits per heavy atom. The summed E-state index contributed by atoms with van der Waals surface area (Å²) in [5.41, 5.74) is 0.293. The quantitative estimate of drug-likeness (QED) is 0.664. The molecule has 3 nitrogen and oxygen atoms in total. The fraction of sp³-hybridized carbons (Fsp3) is 1.00. The average Bonchev–Trinajstić information content (AvgIpc) is 2.07. The predicted molar refractivity (Wildman–Crippen MR) is 69.5 cm³/mol. The van der Waals surface area contributed by atoms with Crippen LogP contribution in [-0.4, -0.2) is 43.6 Å². The number of hydrogen-bond acceptors (Lipinski definition) is 2. The first-order valence-electron chi connectivity index (χ1n) is 5.32. The van der Waals surface area contributed by atoms with E-state index in [1.54, 1.807) is 0 Å². The van der Waals surface area contributed by atoms with E-state index in [9.17, 15) is 0 Å². The first-order chi connectivity index (χ1) is 6.68. The van der Waals surface area contributed by atoms with Crippen LogP contribution in [0.25, 0.3) is 0 Å². The largest absolute Gasteiger partial charge is 0.326 e. The van der Waals surface area contributed by atoms with Gasteiger partial charge in [-0.1, -0.05) is 20.8 Å². The molecular formula is C10H23N2OPS. The highest BCUT2D eigenvalue weighted by molar-refractivity contribution is 8.09. The van der Waals surface area contributed by atoms with Gasteiger partial charge in [0.2, 0.25) is 6.57 Å². The Kier molecular flexibility index (Phi) is 4.01. The minimum Gasteiger partial charge on any atom is -0.326 e. The summed E-state index contributed by atoms with van der Waals surface area (Å²) >= 11 is 5.62. The number of hydrogen-bond donors (Lipinski definition) is 0. The summed E-state index contributed by atoms with van der Waals surface area (Å²) in [7, 11) is 6.10. The van der Waals surface area contributed by atoms with Crippen molar-refractivity contribution in [3.05, 3.63) is 0 Å². The van der Waals surface area contributed by atoms with Gasteiger partial charge in [-0.3, -0.25) is 0 Å². The third-order valence-electron chi connectivity index (χ3n) is 3.09. The van der Waals surface area contributed by atoms with Crippen molar-refractivity contribution in [2.24, 2.45) is 11.3 Å². The van der Waals surface area contributed by atoms with Crippen LogP contribution in [0.15, 0.2) is 0 Å². The van der Waals surface area contributed by atoms with Gasteiger partial charge >= 0.3 is 0 Å². The van der Waals surface area contributed by atoms with Crippen LogP contribution in [-0.2, 0) is 16.3 Å². The molecule has 0 aromatic rings. The summed E-state index contributed by atoms with van der Waals surface area (Å²) in [5, 5.41) is 0. The van der Waals surface area contributed by atoms with Crippen LogP contribution in [0.2, 0.25) is 0 Å². The van der Waals surface area contributed by atoms with Gasteiger partial charge in [-0.2, -0.15) is 0 Å². The molecule has 1 saturated heterocycles. The van der Waals surface area contributed by atoms with Gasteiger partial charge in [0.15, 0.2) is 0 Å². The molecule has 1 rings (SSSR count). The Bertz CT molecular complexity index is 275. The van der Waals surface area contributed by atoms with Gasteiger partial charge in [0.1, 0.15) is 0 Å². The Hall–Kier alpha value is 0.530. The highest BCUT2D eigenvalue weighted by atomic mass is 32.5. The second kappa shape index (κ2) is 4.42. The Balaban J connectivity index is 2.76. The van der Waals surface area contributed by atoms with Gasteiger partial charge in [-0.15, -0.1) is 0 Å². The van der Waals surface area contributed by atoms with Crippen molar-refractivity contribution in [3.63, 3.8) is 0 Å². The molecule has 0 amide bonds. The van der Waals surface area contributed by atoms with E-state index in [4.69, 9.17) is 16.3 Å². The van der Waals surface area contributed by atoms with Crippen molar-refractivity contribution in [1.29, 1.82) is 0 Å². The summed E-state index contributed by atoms with van der Waals surface area (Å²) in [4.78, 5) is 0. The fourth-order valence-corrected chi connectivity index (χ4v) is 3.90. The lowest BCUT2D eigenvalue weighted by atomic mass is 9.81. The summed E-state index contributed by atoms with van der Waals surface area (Å²) in [6, 6.07) is 0. The van der Waals surface area contributed by atoms with E-state index in [0.717, 1.165) is 13.2 Å². The summed E-state index contributed by atoms with van der Waals surface area (Å²) in [6.45, 7) is 6.74. The molecule has 0 saturated carbocycles. The van der Waals surface area contributed by atoms with Crippen molar-refractivity contribution >= 4 is 18.4 Å². The smallest absolute Gasteiger partial charge is 0.202 e. The molecule has 1 aliphatic rings. The second-order valence-electron chi connectivity index (χ2n) is 5.54.